The number of aromatic amines is 1. The Labute approximate surface area is 105 Å². The number of aromatic nitrogens is 3. The van der Waals surface area contributed by atoms with Crippen molar-refractivity contribution in [1.82, 2.24) is 15.2 Å². The van der Waals surface area contributed by atoms with Crippen LogP contribution in [0.5, 0.6) is 0 Å². The van der Waals surface area contributed by atoms with Crippen LogP contribution in [0, 0.1) is 10.1 Å². The lowest BCUT2D eigenvalue weighted by atomic mass is 10.2. The summed E-state index contributed by atoms with van der Waals surface area (Å²) in [6, 6.07) is 4.82. The average molecular weight is 298 g/mol. The van der Waals surface area contributed by atoms with Crippen LogP contribution < -0.4 is 5.32 Å². The normalized spacial score (nSPS) is 10.2. The van der Waals surface area contributed by atoms with E-state index < -0.39 is 4.92 Å². The van der Waals surface area contributed by atoms with Gasteiger partial charge in [-0.25, -0.2) is 4.98 Å². The molecule has 0 amide bonds. The number of hydrogen-bond acceptors (Lipinski definition) is 5. The van der Waals surface area contributed by atoms with Crippen molar-refractivity contribution in [3.63, 3.8) is 0 Å². The first kappa shape index (κ1) is 11.5. The van der Waals surface area contributed by atoms with Gasteiger partial charge in [-0.1, -0.05) is 15.9 Å². The molecule has 0 saturated heterocycles. The first-order valence-corrected chi connectivity index (χ1v) is 5.48. The van der Waals surface area contributed by atoms with E-state index >= 15 is 0 Å². The van der Waals surface area contributed by atoms with Crippen molar-refractivity contribution >= 4 is 27.3 Å². The number of hydrogen-bond donors (Lipinski definition) is 2. The minimum atomic E-state index is -0.437. The third kappa shape index (κ3) is 2.78. The maximum atomic E-state index is 10.8. The van der Waals surface area contributed by atoms with Crippen molar-refractivity contribution in [3.8, 4) is 0 Å². The third-order valence-electron chi connectivity index (χ3n) is 2.07. The molecule has 8 heteroatoms. The number of nitro benzene ring substituents is 1. The van der Waals surface area contributed by atoms with E-state index in [0.29, 0.717) is 22.5 Å². The van der Waals surface area contributed by atoms with E-state index in [1.165, 1.54) is 12.4 Å². The molecular formula is C9H8BrN5O2. The van der Waals surface area contributed by atoms with Crippen LogP contribution in [0.3, 0.4) is 0 Å². The molecule has 0 aliphatic heterocycles. The summed E-state index contributed by atoms with van der Waals surface area (Å²) in [6.07, 6.45) is 1.38. The van der Waals surface area contributed by atoms with Crippen LogP contribution >= 0.6 is 15.9 Å². The summed E-state index contributed by atoms with van der Waals surface area (Å²) in [5, 5.41) is 20.1. The zero-order chi connectivity index (χ0) is 12.3. The molecule has 0 aliphatic carbocycles. The highest BCUT2D eigenvalue weighted by Crippen LogP contribution is 2.28. The lowest BCUT2D eigenvalue weighted by Crippen LogP contribution is -2.04. The zero-order valence-electron chi connectivity index (χ0n) is 8.55. The van der Waals surface area contributed by atoms with Gasteiger partial charge in [0.2, 0.25) is 0 Å². The Balaban J connectivity index is 2.17. The number of nitrogens with one attached hydrogen (secondary N) is 2. The molecule has 1 aromatic heterocycles. The van der Waals surface area contributed by atoms with Gasteiger partial charge in [-0.2, -0.15) is 5.10 Å². The number of nitro groups is 1. The van der Waals surface area contributed by atoms with Crippen LogP contribution in [-0.4, -0.2) is 20.1 Å². The van der Waals surface area contributed by atoms with Crippen LogP contribution in [-0.2, 0) is 6.54 Å². The smallest absolute Gasteiger partial charge is 0.293 e. The molecule has 0 saturated carbocycles. The fourth-order valence-corrected chi connectivity index (χ4v) is 1.65. The van der Waals surface area contributed by atoms with Crippen LogP contribution in [0.2, 0.25) is 0 Å². The Hall–Kier alpha value is -1.96. The van der Waals surface area contributed by atoms with Crippen LogP contribution in [0.15, 0.2) is 29.0 Å². The Morgan fingerprint density at radius 3 is 3.00 bits per heavy atom. The van der Waals surface area contributed by atoms with Crippen molar-refractivity contribution < 1.29 is 4.92 Å². The molecule has 0 radical (unpaired) electrons. The summed E-state index contributed by atoms with van der Waals surface area (Å²) < 4.78 is 0.661. The molecule has 0 unspecified atom stereocenters. The van der Waals surface area contributed by atoms with Gasteiger partial charge in [0.1, 0.15) is 17.8 Å². The molecule has 17 heavy (non-hydrogen) atoms. The molecule has 2 rings (SSSR count). The quantitative estimate of drug-likeness (QED) is 0.665. The van der Waals surface area contributed by atoms with E-state index in [9.17, 15) is 10.1 Å². The van der Waals surface area contributed by atoms with Gasteiger partial charge in [-0.15, -0.1) is 0 Å². The molecular weight excluding hydrogens is 290 g/mol. The first-order chi connectivity index (χ1) is 8.16. The average Bonchev–Trinajstić information content (AvgIpc) is 2.80. The maximum absolute atomic E-state index is 10.8. The molecule has 0 spiro atoms. The van der Waals surface area contributed by atoms with Gasteiger partial charge in [0.05, 0.1) is 11.5 Å². The minimum absolute atomic E-state index is 0.0129. The highest BCUT2D eigenvalue weighted by molar-refractivity contribution is 9.10. The second-order valence-electron chi connectivity index (χ2n) is 3.20. The summed E-state index contributed by atoms with van der Waals surface area (Å²) in [5.74, 6) is 0.613. The number of benzene rings is 1. The fraction of sp³-hybridized carbons (Fsp3) is 0.111. The van der Waals surface area contributed by atoms with Crippen molar-refractivity contribution in [1.29, 1.82) is 0 Å². The third-order valence-corrected chi connectivity index (χ3v) is 2.56. The second kappa shape index (κ2) is 4.91. The van der Waals surface area contributed by atoms with Crippen LogP contribution in [0.25, 0.3) is 0 Å². The van der Waals surface area contributed by atoms with Gasteiger partial charge in [-0.3, -0.25) is 15.2 Å². The molecule has 2 N–H and O–H groups in total. The van der Waals surface area contributed by atoms with E-state index in [-0.39, 0.29) is 5.69 Å². The molecule has 2 aromatic rings. The van der Waals surface area contributed by atoms with Gasteiger partial charge in [0, 0.05) is 10.5 Å². The monoisotopic (exact) mass is 297 g/mol. The predicted octanol–water partition coefficient (Wildman–Crippen LogP) is 2.09. The Bertz CT molecular complexity index is 528. The predicted molar refractivity (Wildman–Crippen MR) is 64.5 cm³/mol. The fourth-order valence-electron chi connectivity index (χ4n) is 1.30. The lowest BCUT2D eigenvalue weighted by molar-refractivity contribution is -0.384. The lowest BCUT2D eigenvalue weighted by Gasteiger charge is -2.05. The molecule has 88 valence electrons. The molecule has 0 aliphatic rings. The topological polar surface area (TPSA) is 96.7 Å². The summed E-state index contributed by atoms with van der Waals surface area (Å²) in [6.45, 7) is 0.350. The number of rotatable bonds is 4. The molecule has 0 bridgehead atoms. The summed E-state index contributed by atoms with van der Waals surface area (Å²) in [7, 11) is 0. The number of anilines is 1. The number of H-pyrrole nitrogens is 1. The van der Waals surface area contributed by atoms with Crippen molar-refractivity contribution in [2.75, 3.05) is 5.32 Å². The van der Waals surface area contributed by atoms with Gasteiger partial charge >= 0.3 is 0 Å². The highest BCUT2D eigenvalue weighted by Gasteiger charge is 2.13. The highest BCUT2D eigenvalue weighted by atomic mass is 79.9. The molecule has 0 atom stereocenters. The largest absolute Gasteiger partial charge is 0.372 e. The van der Waals surface area contributed by atoms with E-state index in [1.54, 1.807) is 12.1 Å². The van der Waals surface area contributed by atoms with Crippen molar-refractivity contribution in [2.24, 2.45) is 0 Å². The summed E-state index contributed by atoms with van der Waals surface area (Å²) in [5.41, 5.74) is 0.452. The van der Waals surface area contributed by atoms with E-state index in [1.807, 2.05) is 0 Å². The molecule has 7 nitrogen and oxygen atoms in total. The van der Waals surface area contributed by atoms with Gasteiger partial charge < -0.3 is 5.32 Å². The maximum Gasteiger partial charge on any atom is 0.293 e. The second-order valence-corrected chi connectivity index (χ2v) is 4.12. The van der Waals surface area contributed by atoms with Crippen molar-refractivity contribution in [2.45, 2.75) is 6.54 Å². The summed E-state index contributed by atoms with van der Waals surface area (Å²) in [4.78, 5) is 14.3. The summed E-state index contributed by atoms with van der Waals surface area (Å²) >= 11 is 3.19. The van der Waals surface area contributed by atoms with Crippen LogP contribution in [0.4, 0.5) is 11.4 Å². The number of halogens is 1. The first-order valence-electron chi connectivity index (χ1n) is 4.69. The molecule has 1 heterocycles. The Morgan fingerprint density at radius 2 is 2.35 bits per heavy atom. The van der Waals surface area contributed by atoms with Crippen molar-refractivity contribution in [3.05, 3.63) is 44.9 Å². The number of nitrogens with zero attached hydrogens (tertiary/aromatic N) is 3. The van der Waals surface area contributed by atoms with Gasteiger partial charge in [0.15, 0.2) is 0 Å². The minimum Gasteiger partial charge on any atom is -0.372 e. The van der Waals surface area contributed by atoms with Crippen LogP contribution in [0.1, 0.15) is 5.82 Å². The molecule has 1 aromatic carbocycles. The standard InChI is InChI=1S/C9H8BrN5O2/c10-6-1-2-7(8(3-6)15(16)17)11-4-9-12-5-13-14-9/h1-3,5,11H,4H2,(H,12,13,14). The van der Waals surface area contributed by atoms with Gasteiger partial charge in [0.25, 0.3) is 5.69 Å². The molecule has 0 fully saturated rings. The van der Waals surface area contributed by atoms with E-state index in [0.717, 1.165) is 0 Å². The Morgan fingerprint density at radius 1 is 1.53 bits per heavy atom. The Kier molecular flexibility index (Phi) is 3.33. The van der Waals surface area contributed by atoms with E-state index in [2.05, 4.69) is 36.4 Å². The van der Waals surface area contributed by atoms with Gasteiger partial charge in [-0.05, 0) is 12.1 Å². The zero-order valence-corrected chi connectivity index (χ0v) is 10.1. The SMILES string of the molecule is O=[N+]([O-])c1cc(Br)ccc1NCc1ncn[nH]1. The van der Waals surface area contributed by atoms with E-state index in [4.69, 9.17) is 0 Å².